The van der Waals surface area contributed by atoms with Crippen molar-refractivity contribution in [3.63, 3.8) is 0 Å². The SMILES string of the molecule is O=[N+]([O-])c1ccc(/C=N/n2c(-c3ccc(Br)cc3)n[nH]c2=S)cc1. The monoisotopic (exact) mass is 403 g/mol. The largest absolute Gasteiger partial charge is 0.269 e. The van der Waals surface area contributed by atoms with Crippen LogP contribution < -0.4 is 0 Å². The minimum Gasteiger partial charge on any atom is -0.258 e. The molecule has 2 aromatic carbocycles. The van der Waals surface area contributed by atoms with E-state index in [1.165, 1.54) is 16.8 Å². The van der Waals surface area contributed by atoms with Gasteiger partial charge in [-0.1, -0.05) is 28.1 Å². The van der Waals surface area contributed by atoms with Crippen LogP contribution in [0.2, 0.25) is 0 Å². The van der Waals surface area contributed by atoms with Gasteiger partial charge < -0.3 is 0 Å². The van der Waals surface area contributed by atoms with Crippen molar-refractivity contribution < 1.29 is 4.92 Å². The molecular weight excluding hydrogens is 394 g/mol. The van der Waals surface area contributed by atoms with Crippen molar-refractivity contribution in [1.29, 1.82) is 0 Å². The molecule has 1 heterocycles. The zero-order chi connectivity index (χ0) is 17.1. The average molecular weight is 404 g/mol. The summed E-state index contributed by atoms with van der Waals surface area (Å²) in [6, 6.07) is 13.7. The number of hydrogen-bond donors (Lipinski definition) is 1. The molecule has 1 aromatic heterocycles. The highest BCUT2D eigenvalue weighted by Crippen LogP contribution is 2.20. The number of hydrogen-bond acceptors (Lipinski definition) is 5. The Morgan fingerprint density at radius 1 is 1.21 bits per heavy atom. The molecule has 0 atom stereocenters. The van der Waals surface area contributed by atoms with E-state index in [0.717, 1.165) is 10.0 Å². The van der Waals surface area contributed by atoms with E-state index in [1.807, 2.05) is 24.3 Å². The number of nitrogens with one attached hydrogen (secondary N) is 1. The number of aromatic nitrogens is 3. The number of nitro groups is 1. The summed E-state index contributed by atoms with van der Waals surface area (Å²) in [5.74, 6) is 0.575. The van der Waals surface area contributed by atoms with Crippen molar-refractivity contribution in [3.05, 3.63) is 73.5 Å². The number of nitro benzene ring substituents is 1. The van der Waals surface area contributed by atoms with E-state index in [-0.39, 0.29) is 5.69 Å². The van der Waals surface area contributed by atoms with Crippen LogP contribution in [-0.2, 0) is 0 Å². The molecule has 0 saturated heterocycles. The molecule has 0 radical (unpaired) electrons. The fourth-order valence-electron chi connectivity index (χ4n) is 1.99. The van der Waals surface area contributed by atoms with Gasteiger partial charge in [-0.2, -0.15) is 14.9 Å². The third kappa shape index (κ3) is 3.47. The summed E-state index contributed by atoms with van der Waals surface area (Å²) in [4.78, 5) is 10.2. The quantitative estimate of drug-likeness (QED) is 0.306. The summed E-state index contributed by atoms with van der Waals surface area (Å²) in [6.45, 7) is 0. The third-order valence-corrected chi connectivity index (χ3v) is 3.97. The van der Waals surface area contributed by atoms with Gasteiger partial charge in [0.15, 0.2) is 5.82 Å². The highest BCUT2D eigenvalue weighted by atomic mass is 79.9. The fraction of sp³-hybridized carbons (Fsp3) is 0. The van der Waals surface area contributed by atoms with E-state index in [4.69, 9.17) is 12.2 Å². The Morgan fingerprint density at radius 2 is 1.88 bits per heavy atom. The van der Waals surface area contributed by atoms with Gasteiger partial charge in [0.05, 0.1) is 11.1 Å². The second-order valence-electron chi connectivity index (χ2n) is 4.76. The van der Waals surface area contributed by atoms with Crippen LogP contribution in [0.3, 0.4) is 0 Å². The minimum absolute atomic E-state index is 0.0302. The van der Waals surface area contributed by atoms with Gasteiger partial charge in [-0.3, -0.25) is 10.1 Å². The molecule has 0 saturated carbocycles. The summed E-state index contributed by atoms with van der Waals surface area (Å²) in [6.07, 6.45) is 1.57. The van der Waals surface area contributed by atoms with Gasteiger partial charge in [-0.15, -0.1) is 0 Å². The lowest BCUT2D eigenvalue weighted by Gasteiger charge is -2.01. The Hall–Kier alpha value is -2.65. The average Bonchev–Trinajstić information content (AvgIpc) is 2.95. The van der Waals surface area contributed by atoms with Crippen LogP contribution in [0.5, 0.6) is 0 Å². The van der Waals surface area contributed by atoms with Gasteiger partial charge >= 0.3 is 0 Å². The maximum atomic E-state index is 10.7. The third-order valence-electron chi connectivity index (χ3n) is 3.18. The molecule has 24 heavy (non-hydrogen) atoms. The predicted molar refractivity (Wildman–Crippen MR) is 96.6 cm³/mol. The number of aromatic amines is 1. The molecule has 0 amide bonds. The number of nitrogens with zero attached hydrogens (tertiary/aromatic N) is 4. The zero-order valence-electron chi connectivity index (χ0n) is 12.1. The summed E-state index contributed by atoms with van der Waals surface area (Å²) in [5, 5.41) is 21.9. The van der Waals surface area contributed by atoms with Crippen LogP contribution in [-0.4, -0.2) is 26.0 Å². The number of rotatable bonds is 4. The molecule has 3 aromatic rings. The molecule has 0 spiro atoms. The number of benzene rings is 2. The van der Waals surface area contributed by atoms with E-state index >= 15 is 0 Å². The van der Waals surface area contributed by atoms with E-state index in [9.17, 15) is 10.1 Å². The number of non-ortho nitro benzene ring substituents is 1. The lowest BCUT2D eigenvalue weighted by molar-refractivity contribution is -0.384. The standard InChI is InChI=1S/C15H10BrN5O2S/c16-12-5-3-11(4-6-12)14-18-19-15(24)20(14)17-9-10-1-7-13(8-2-10)21(22)23/h1-9H,(H,19,24)/b17-9+. The maximum Gasteiger partial charge on any atom is 0.269 e. The lowest BCUT2D eigenvalue weighted by atomic mass is 10.2. The van der Waals surface area contributed by atoms with E-state index in [2.05, 4.69) is 31.2 Å². The van der Waals surface area contributed by atoms with Crippen LogP contribution in [0.1, 0.15) is 5.56 Å². The molecule has 0 aliphatic carbocycles. The zero-order valence-corrected chi connectivity index (χ0v) is 14.5. The van der Waals surface area contributed by atoms with Gasteiger partial charge in [-0.25, -0.2) is 5.10 Å². The molecule has 120 valence electrons. The first-order valence-corrected chi connectivity index (χ1v) is 7.97. The highest BCUT2D eigenvalue weighted by molar-refractivity contribution is 9.10. The summed E-state index contributed by atoms with van der Waals surface area (Å²) in [7, 11) is 0. The Balaban J connectivity index is 1.92. The van der Waals surface area contributed by atoms with E-state index < -0.39 is 4.92 Å². The Bertz CT molecular complexity index is 961. The van der Waals surface area contributed by atoms with Crippen LogP contribution in [0.25, 0.3) is 11.4 Å². The first kappa shape index (κ1) is 16.2. The Labute approximate surface area is 149 Å². The summed E-state index contributed by atoms with van der Waals surface area (Å²) in [5.41, 5.74) is 1.60. The maximum absolute atomic E-state index is 10.7. The molecule has 9 heteroatoms. The molecule has 0 bridgehead atoms. The molecule has 3 rings (SSSR count). The minimum atomic E-state index is -0.446. The van der Waals surface area contributed by atoms with E-state index in [0.29, 0.717) is 16.2 Å². The van der Waals surface area contributed by atoms with Gasteiger partial charge in [-0.05, 0) is 42.0 Å². The topological polar surface area (TPSA) is 89.1 Å². The van der Waals surface area contributed by atoms with Gasteiger partial charge in [0, 0.05) is 22.2 Å². The van der Waals surface area contributed by atoms with Crippen LogP contribution in [0.15, 0.2) is 58.1 Å². The molecule has 0 unspecified atom stereocenters. The Kier molecular flexibility index (Phi) is 4.63. The molecular formula is C15H10BrN5O2S. The molecule has 7 nitrogen and oxygen atoms in total. The highest BCUT2D eigenvalue weighted by Gasteiger charge is 2.08. The first-order chi connectivity index (χ1) is 11.5. The van der Waals surface area contributed by atoms with Crippen molar-refractivity contribution in [2.75, 3.05) is 0 Å². The molecule has 1 N–H and O–H groups in total. The lowest BCUT2D eigenvalue weighted by Crippen LogP contribution is -1.95. The second-order valence-corrected chi connectivity index (χ2v) is 6.07. The van der Waals surface area contributed by atoms with Gasteiger partial charge in [0.25, 0.3) is 5.69 Å². The van der Waals surface area contributed by atoms with Crippen LogP contribution >= 0.6 is 28.1 Å². The van der Waals surface area contributed by atoms with Crippen molar-refractivity contribution in [1.82, 2.24) is 14.9 Å². The number of halogens is 1. The first-order valence-electron chi connectivity index (χ1n) is 6.77. The van der Waals surface area contributed by atoms with Crippen molar-refractivity contribution in [3.8, 4) is 11.4 Å². The van der Waals surface area contributed by atoms with Crippen molar-refractivity contribution in [2.24, 2.45) is 5.10 Å². The van der Waals surface area contributed by atoms with Gasteiger partial charge in [0.1, 0.15) is 0 Å². The van der Waals surface area contributed by atoms with Crippen molar-refractivity contribution >= 4 is 40.0 Å². The molecule has 0 aliphatic heterocycles. The summed E-state index contributed by atoms with van der Waals surface area (Å²) < 4.78 is 2.81. The van der Waals surface area contributed by atoms with E-state index in [1.54, 1.807) is 18.3 Å². The van der Waals surface area contributed by atoms with Crippen LogP contribution in [0.4, 0.5) is 5.69 Å². The van der Waals surface area contributed by atoms with Gasteiger partial charge in [0.2, 0.25) is 4.77 Å². The van der Waals surface area contributed by atoms with Crippen LogP contribution in [0, 0.1) is 14.9 Å². The molecule has 0 fully saturated rings. The second kappa shape index (κ2) is 6.85. The predicted octanol–water partition coefficient (Wildman–Crippen LogP) is 4.16. The van der Waals surface area contributed by atoms with Crippen molar-refractivity contribution in [2.45, 2.75) is 0 Å². The fourth-order valence-corrected chi connectivity index (χ4v) is 2.43. The molecule has 0 aliphatic rings. The summed E-state index contributed by atoms with van der Waals surface area (Å²) >= 11 is 8.59. The smallest absolute Gasteiger partial charge is 0.258 e. The normalized spacial score (nSPS) is 11.0. The number of H-pyrrole nitrogens is 1. The Morgan fingerprint density at radius 3 is 2.50 bits per heavy atom.